The molecule has 0 amide bonds. The van der Waals surface area contributed by atoms with Crippen LogP contribution in [0.5, 0.6) is 0 Å². The summed E-state index contributed by atoms with van der Waals surface area (Å²) < 4.78 is 6.46. The standard InChI is InChI=1S/C49H47N3O/c1-2-11-32(12-3-1)47-50-48(37-21-18-30-10-4-5-13-33(30)26-37)52-49(51-47)38-28-34-14-6-7-15-39(34)42(29-38)36-22-24-40-35(27-36)20-19-31-23-25-44-46(45(31)40)41-16-8-9-17-43(41)53-44/h1-3,5-8,11-16,22-26,28-29,31,36,45,47-52H,4,9-10,17-21,27H2. The number of nitrogens with one attached hydrogen (secondary N) is 3. The summed E-state index contributed by atoms with van der Waals surface area (Å²) >= 11 is 0. The summed E-state index contributed by atoms with van der Waals surface area (Å²) in [5.41, 5.74) is 14.5. The maximum atomic E-state index is 6.46. The fourth-order valence-corrected chi connectivity index (χ4v) is 10.5. The lowest BCUT2D eigenvalue weighted by atomic mass is 9.65. The minimum absolute atomic E-state index is 0.0152. The van der Waals surface area contributed by atoms with Crippen LogP contribution in [0.4, 0.5) is 0 Å². The van der Waals surface area contributed by atoms with Crippen LogP contribution < -0.4 is 16.0 Å². The van der Waals surface area contributed by atoms with E-state index in [1.54, 1.807) is 16.7 Å². The second kappa shape index (κ2) is 13.0. The number of allylic oxidation sites excluding steroid dienone is 11. The first-order valence-electron chi connectivity index (χ1n) is 20.1. The lowest BCUT2D eigenvalue weighted by molar-refractivity contribution is 0.219. The monoisotopic (exact) mass is 693 g/mol. The van der Waals surface area contributed by atoms with Crippen molar-refractivity contribution >= 4 is 22.9 Å². The van der Waals surface area contributed by atoms with E-state index in [9.17, 15) is 0 Å². The van der Waals surface area contributed by atoms with E-state index in [0.717, 1.165) is 37.9 Å². The molecule has 4 heteroatoms. The van der Waals surface area contributed by atoms with E-state index in [4.69, 9.17) is 4.42 Å². The third-order valence-electron chi connectivity index (χ3n) is 13.2. The molecule has 2 heterocycles. The van der Waals surface area contributed by atoms with Gasteiger partial charge in [-0.3, -0.25) is 16.0 Å². The summed E-state index contributed by atoms with van der Waals surface area (Å²) in [4.78, 5) is 0. The first-order chi connectivity index (χ1) is 26.2. The molecule has 6 atom stereocenters. The SMILES string of the molecule is C1=CC2=C(CC1)CCC(C1NC(c3ccccc3)NC(c3cc(C4C=CC5=C(CCC6C=Cc7oc8c(c7C56)C=CCC8)C4)c4ccccc4c3)N1)=C2. The fourth-order valence-electron chi connectivity index (χ4n) is 10.5. The van der Waals surface area contributed by atoms with Gasteiger partial charge in [0.15, 0.2) is 0 Å². The predicted octanol–water partition coefficient (Wildman–Crippen LogP) is 11.1. The lowest BCUT2D eigenvalue weighted by Crippen LogP contribution is -2.59. The van der Waals surface area contributed by atoms with E-state index in [2.05, 4.69) is 137 Å². The molecule has 4 nitrogen and oxygen atoms in total. The summed E-state index contributed by atoms with van der Waals surface area (Å²) in [6.07, 6.45) is 31.8. The summed E-state index contributed by atoms with van der Waals surface area (Å²) in [5.74, 6) is 3.55. The maximum Gasteiger partial charge on any atom is 0.131 e. The Labute approximate surface area is 312 Å². The molecule has 6 unspecified atom stereocenters. The number of rotatable bonds is 4. The average Bonchev–Trinajstić information content (AvgIpc) is 3.62. The number of hydrogen-bond donors (Lipinski definition) is 3. The van der Waals surface area contributed by atoms with Crippen molar-refractivity contribution < 1.29 is 4.42 Å². The van der Waals surface area contributed by atoms with Gasteiger partial charge in [0, 0.05) is 29.4 Å². The molecule has 0 saturated carbocycles. The minimum atomic E-state index is -0.0152. The quantitative estimate of drug-likeness (QED) is 0.199. The molecule has 1 saturated heterocycles. The molecule has 264 valence electrons. The number of aryl methyl sites for hydroxylation is 1. The van der Waals surface area contributed by atoms with Gasteiger partial charge in [-0.25, -0.2) is 0 Å². The molecule has 0 bridgehead atoms. The summed E-state index contributed by atoms with van der Waals surface area (Å²) in [6.45, 7) is 0. The Morgan fingerprint density at radius 2 is 1.49 bits per heavy atom. The molecule has 53 heavy (non-hydrogen) atoms. The van der Waals surface area contributed by atoms with Crippen molar-refractivity contribution in [2.45, 2.75) is 88.1 Å². The molecule has 4 aromatic rings. The molecule has 1 fully saturated rings. The van der Waals surface area contributed by atoms with Crippen molar-refractivity contribution in [3.63, 3.8) is 0 Å². The van der Waals surface area contributed by atoms with Crippen LogP contribution in [0.2, 0.25) is 0 Å². The van der Waals surface area contributed by atoms with Gasteiger partial charge in [0.25, 0.3) is 0 Å². The van der Waals surface area contributed by atoms with E-state index < -0.39 is 0 Å². The highest BCUT2D eigenvalue weighted by molar-refractivity contribution is 5.87. The molecule has 0 spiro atoms. The Morgan fingerprint density at radius 1 is 0.660 bits per heavy atom. The normalized spacial score (nSPS) is 28.6. The highest BCUT2D eigenvalue weighted by atomic mass is 16.3. The van der Waals surface area contributed by atoms with Crippen LogP contribution in [0.25, 0.3) is 22.9 Å². The van der Waals surface area contributed by atoms with Crippen LogP contribution in [-0.2, 0) is 6.42 Å². The summed E-state index contributed by atoms with van der Waals surface area (Å²) in [5, 5.41) is 14.7. The third-order valence-corrected chi connectivity index (χ3v) is 13.2. The molecule has 7 aliphatic rings. The molecular weight excluding hydrogens is 647 g/mol. The summed E-state index contributed by atoms with van der Waals surface area (Å²) in [7, 11) is 0. The molecule has 6 aliphatic carbocycles. The van der Waals surface area contributed by atoms with Crippen LogP contribution in [-0.4, -0.2) is 6.17 Å². The minimum Gasteiger partial charge on any atom is -0.461 e. The average molecular weight is 694 g/mol. The van der Waals surface area contributed by atoms with Gasteiger partial charge in [-0.05, 0) is 114 Å². The largest absolute Gasteiger partial charge is 0.461 e. The van der Waals surface area contributed by atoms with E-state index in [-0.39, 0.29) is 18.5 Å². The highest BCUT2D eigenvalue weighted by Crippen LogP contribution is 2.53. The van der Waals surface area contributed by atoms with Gasteiger partial charge in [-0.2, -0.15) is 0 Å². The molecule has 3 aromatic carbocycles. The van der Waals surface area contributed by atoms with Crippen molar-refractivity contribution in [3.8, 4) is 0 Å². The topological polar surface area (TPSA) is 49.2 Å². The van der Waals surface area contributed by atoms with Crippen LogP contribution in [0, 0.1) is 5.92 Å². The highest BCUT2D eigenvalue weighted by Gasteiger charge is 2.40. The van der Waals surface area contributed by atoms with E-state index in [0.29, 0.717) is 17.8 Å². The molecule has 1 aromatic heterocycles. The molecule has 3 N–H and O–H groups in total. The fraction of sp³-hybridized carbons (Fsp3) is 0.306. The molecule has 0 radical (unpaired) electrons. The van der Waals surface area contributed by atoms with Gasteiger partial charge in [-0.15, -0.1) is 0 Å². The summed E-state index contributed by atoms with van der Waals surface area (Å²) in [6, 6.07) is 24.9. The third kappa shape index (κ3) is 5.53. The van der Waals surface area contributed by atoms with Crippen molar-refractivity contribution in [2.75, 3.05) is 0 Å². The van der Waals surface area contributed by atoms with E-state index >= 15 is 0 Å². The van der Waals surface area contributed by atoms with Crippen LogP contribution >= 0.6 is 0 Å². The van der Waals surface area contributed by atoms with Crippen molar-refractivity contribution in [2.24, 2.45) is 5.92 Å². The van der Waals surface area contributed by atoms with Gasteiger partial charge in [0.05, 0.1) is 18.5 Å². The van der Waals surface area contributed by atoms with Gasteiger partial charge in [0.2, 0.25) is 0 Å². The smallest absolute Gasteiger partial charge is 0.131 e. The van der Waals surface area contributed by atoms with Crippen LogP contribution in [0.1, 0.15) is 115 Å². The predicted molar refractivity (Wildman–Crippen MR) is 216 cm³/mol. The Bertz CT molecular complexity index is 2340. The number of furan rings is 1. The first-order valence-corrected chi connectivity index (χ1v) is 20.1. The first kappa shape index (κ1) is 31.8. The lowest BCUT2D eigenvalue weighted by Gasteiger charge is -2.41. The van der Waals surface area contributed by atoms with E-state index in [1.807, 2.05) is 0 Å². The zero-order chi connectivity index (χ0) is 34.9. The Kier molecular flexibility index (Phi) is 7.78. The number of fused-ring (bicyclic) bond motifs is 7. The van der Waals surface area contributed by atoms with Crippen LogP contribution in [0.3, 0.4) is 0 Å². The van der Waals surface area contributed by atoms with Crippen molar-refractivity contribution in [3.05, 3.63) is 176 Å². The Morgan fingerprint density at radius 3 is 2.43 bits per heavy atom. The number of hydrogen-bond acceptors (Lipinski definition) is 4. The zero-order valence-corrected chi connectivity index (χ0v) is 30.3. The van der Waals surface area contributed by atoms with Gasteiger partial charge >= 0.3 is 0 Å². The van der Waals surface area contributed by atoms with Crippen molar-refractivity contribution in [1.29, 1.82) is 0 Å². The molecule has 11 rings (SSSR count). The zero-order valence-electron chi connectivity index (χ0n) is 30.3. The van der Waals surface area contributed by atoms with Gasteiger partial charge in [0.1, 0.15) is 11.5 Å². The molecular formula is C49H47N3O. The second-order valence-electron chi connectivity index (χ2n) is 16.2. The number of benzene rings is 3. The van der Waals surface area contributed by atoms with Crippen molar-refractivity contribution in [1.82, 2.24) is 16.0 Å². The Hall–Kier alpha value is -4.74. The van der Waals surface area contributed by atoms with Crippen LogP contribution in [0.15, 0.2) is 142 Å². The van der Waals surface area contributed by atoms with Gasteiger partial charge in [-0.1, -0.05) is 120 Å². The second-order valence-corrected chi connectivity index (χ2v) is 16.2. The molecule has 1 aliphatic heterocycles. The Balaban J connectivity index is 0.949. The maximum absolute atomic E-state index is 6.46. The van der Waals surface area contributed by atoms with E-state index in [1.165, 1.54) is 81.2 Å². The van der Waals surface area contributed by atoms with Gasteiger partial charge < -0.3 is 4.42 Å².